The van der Waals surface area contributed by atoms with E-state index in [4.69, 9.17) is 9.47 Å². The van der Waals surface area contributed by atoms with Crippen LogP contribution in [0.25, 0.3) is 0 Å². The van der Waals surface area contributed by atoms with E-state index in [1.807, 2.05) is 0 Å². The van der Waals surface area contributed by atoms with Crippen molar-refractivity contribution in [3.8, 4) is 12.0 Å². The minimum atomic E-state index is -0.302. The normalized spacial score (nSPS) is 11.6. The zero-order valence-electron chi connectivity index (χ0n) is 11.7. The van der Waals surface area contributed by atoms with Gasteiger partial charge in [-0.2, -0.15) is 9.97 Å². The summed E-state index contributed by atoms with van der Waals surface area (Å²) in [5.74, 6) is -0.233. The smallest absolute Gasteiger partial charge is 0.324 e. The van der Waals surface area contributed by atoms with Crippen molar-refractivity contribution in [2.24, 2.45) is 5.92 Å². The van der Waals surface area contributed by atoms with Crippen LogP contribution in [0.15, 0.2) is 0 Å². The quantitative estimate of drug-likeness (QED) is 0.674. The van der Waals surface area contributed by atoms with Gasteiger partial charge in [0.1, 0.15) is 0 Å². The van der Waals surface area contributed by atoms with Crippen molar-refractivity contribution in [3.05, 3.63) is 0 Å². The topological polar surface area (TPSA) is 86.7 Å². The van der Waals surface area contributed by atoms with Crippen LogP contribution in [0.1, 0.15) is 6.92 Å². The molecule has 106 valence electrons. The van der Waals surface area contributed by atoms with Gasteiger partial charge in [-0.05, 0) is 0 Å². The largest absolute Gasteiger partial charge is 0.469 e. The third-order valence-electron chi connectivity index (χ3n) is 2.44. The van der Waals surface area contributed by atoms with Gasteiger partial charge in [0.2, 0.25) is 5.95 Å². The average Bonchev–Trinajstić information content (AvgIpc) is 2.45. The first-order chi connectivity index (χ1) is 9.01. The molecule has 1 unspecified atom stereocenters. The van der Waals surface area contributed by atoms with Gasteiger partial charge in [0.05, 0.1) is 27.2 Å². The lowest BCUT2D eigenvalue weighted by Crippen LogP contribution is -2.30. The number of methoxy groups -OCH3 is 3. The molecule has 1 heterocycles. The Balaban J connectivity index is 2.86. The Labute approximate surface area is 111 Å². The van der Waals surface area contributed by atoms with Crippen LogP contribution in [-0.2, 0) is 9.53 Å². The molecule has 0 aliphatic carbocycles. The number of esters is 1. The van der Waals surface area contributed by atoms with Crippen LogP contribution in [0.4, 0.5) is 5.95 Å². The maximum absolute atomic E-state index is 11.4. The monoisotopic (exact) mass is 270 g/mol. The van der Waals surface area contributed by atoms with Crippen LogP contribution in [0.2, 0.25) is 0 Å². The predicted molar refractivity (Wildman–Crippen MR) is 67.4 cm³/mol. The number of nitrogens with zero attached hydrogens (tertiary/aromatic N) is 4. The molecule has 1 rings (SSSR count). The van der Waals surface area contributed by atoms with Gasteiger partial charge < -0.3 is 19.1 Å². The Morgan fingerprint density at radius 1 is 1.16 bits per heavy atom. The van der Waals surface area contributed by atoms with E-state index in [1.54, 1.807) is 18.9 Å². The fourth-order valence-electron chi connectivity index (χ4n) is 1.45. The molecule has 19 heavy (non-hydrogen) atoms. The summed E-state index contributed by atoms with van der Waals surface area (Å²) in [6.45, 7) is 2.17. The van der Waals surface area contributed by atoms with Crippen molar-refractivity contribution in [2.45, 2.75) is 6.92 Å². The van der Waals surface area contributed by atoms with E-state index in [-0.39, 0.29) is 23.9 Å². The van der Waals surface area contributed by atoms with Gasteiger partial charge in [-0.25, -0.2) is 0 Å². The summed E-state index contributed by atoms with van der Waals surface area (Å²) in [7, 11) is 6.02. The summed E-state index contributed by atoms with van der Waals surface area (Å²) in [6.07, 6.45) is 0. The van der Waals surface area contributed by atoms with Gasteiger partial charge in [-0.15, -0.1) is 4.98 Å². The van der Waals surface area contributed by atoms with Gasteiger partial charge in [0.25, 0.3) is 0 Å². The van der Waals surface area contributed by atoms with Gasteiger partial charge >= 0.3 is 18.0 Å². The molecule has 0 bridgehead atoms. The molecule has 0 saturated heterocycles. The van der Waals surface area contributed by atoms with Crippen LogP contribution in [0, 0.1) is 5.92 Å². The highest BCUT2D eigenvalue weighted by molar-refractivity contribution is 5.72. The Morgan fingerprint density at radius 2 is 1.68 bits per heavy atom. The van der Waals surface area contributed by atoms with E-state index in [0.29, 0.717) is 12.5 Å². The molecule has 1 aromatic rings. The number of aromatic nitrogens is 3. The van der Waals surface area contributed by atoms with Crippen molar-refractivity contribution < 1.29 is 19.0 Å². The van der Waals surface area contributed by atoms with Gasteiger partial charge in [0, 0.05) is 13.6 Å². The van der Waals surface area contributed by atoms with E-state index in [1.165, 1.54) is 21.3 Å². The Hall–Kier alpha value is -2.12. The molecule has 8 nitrogen and oxygen atoms in total. The fourth-order valence-corrected chi connectivity index (χ4v) is 1.45. The predicted octanol–water partition coefficient (Wildman–Crippen LogP) is 0.134. The molecule has 0 N–H and O–H groups in total. The summed E-state index contributed by atoms with van der Waals surface area (Å²) in [4.78, 5) is 25.1. The zero-order chi connectivity index (χ0) is 14.4. The number of hydrogen-bond donors (Lipinski definition) is 0. The van der Waals surface area contributed by atoms with E-state index in [9.17, 15) is 4.79 Å². The van der Waals surface area contributed by atoms with Crippen LogP contribution >= 0.6 is 0 Å². The van der Waals surface area contributed by atoms with E-state index >= 15 is 0 Å². The lowest BCUT2D eigenvalue weighted by Gasteiger charge is -2.20. The maximum atomic E-state index is 11.4. The Morgan fingerprint density at radius 3 is 2.11 bits per heavy atom. The summed E-state index contributed by atoms with van der Waals surface area (Å²) in [5.41, 5.74) is 0. The number of anilines is 1. The van der Waals surface area contributed by atoms with Crippen LogP contribution < -0.4 is 14.4 Å². The molecule has 0 saturated carbocycles. The van der Waals surface area contributed by atoms with E-state index in [2.05, 4.69) is 19.7 Å². The van der Waals surface area contributed by atoms with Crippen LogP contribution in [-0.4, -0.2) is 55.8 Å². The first-order valence-electron chi connectivity index (χ1n) is 5.64. The number of carbonyl (C=O) groups is 1. The second kappa shape index (κ2) is 6.72. The molecule has 8 heteroatoms. The molecule has 0 spiro atoms. The lowest BCUT2D eigenvalue weighted by atomic mass is 10.2. The summed E-state index contributed by atoms with van der Waals surface area (Å²) in [6, 6.07) is 0.304. The molecule has 1 atom stereocenters. The van der Waals surface area contributed by atoms with Crippen molar-refractivity contribution in [1.82, 2.24) is 15.0 Å². The molecule has 0 radical (unpaired) electrons. The highest BCUT2D eigenvalue weighted by Crippen LogP contribution is 2.16. The van der Waals surface area contributed by atoms with Crippen molar-refractivity contribution in [1.29, 1.82) is 0 Å². The molecule has 0 fully saturated rings. The minimum absolute atomic E-state index is 0.152. The van der Waals surface area contributed by atoms with Crippen LogP contribution in [0.5, 0.6) is 12.0 Å². The number of carbonyl (C=O) groups excluding carboxylic acids is 1. The molecule has 0 amide bonds. The standard InChI is InChI=1S/C11H18N4O4/c1-7(8(16)17-3)6-15(2)9-12-10(18-4)14-11(13-9)19-5/h7H,6H2,1-5H3. The molecule has 0 aliphatic heterocycles. The maximum Gasteiger partial charge on any atom is 0.324 e. The van der Waals surface area contributed by atoms with Crippen molar-refractivity contribution in [2.75, 3.05) is 39.8 Å². The molecule has 0 aliphatic rings. The van der Waals surface area contributed by atoms with Crippen molar-refractivity contribution >= 4 is 11.9 Å². The highest BCUT2D eigenvalue weighted by Gasteiger charge is 2.18. The Kier molecular flexibility index (Phi) is 5.28. The average molecular weight is 270 g/mol. The van der Waals surface area contributed by atoms with E-state index in [0.717, 1.165) is 0 Å². The second-order valence-corrected chi connectivity index (χ2v) is 3.91. The summed E-state index contributed by atoms with van der Waals surface area (Å²) in [5, 5.41) is 0. The van der Waals surface area contributed by atoms with Crippen molar-refractivity contribution in [3.63, 3.8) is 0 Å². The lowest BCUT2D eigenvalue weighted by molar-refractivity contribution is -0.144. The van der Waals surface area contributed by atoms with Gasteiger partial charge in [-0.3, -0.25) is 4.79 Å². The third-order valence-corrected chi connectivity index (χ3v) is 2.44. The van der Waals surface area contributed by atoms with Crippen LogP contribution in [0.3, 0.4) is 0 Å². The zero-order valence-corrected chi connectivity index (χ0v) is 11.7. The first-order valence-corrected chi connectivity index (χ1v) is 5.64. The molecular formula is C11H18N4O4. The van der Waals surface area contributed by atoms with Gasteiger partial charge in [-0.1, -0.05) is 6.92 Å². The molecule has 0 aromatic carbocycles. The first kappa shape index (κ1) is 14.9. The highest BCUT2D eigenvalue weighted by atomic mass is 16.5. The number of rotatable bonds is 6. The number of hydrogen-bond acceptors (Lipinski definition) is 8. The summed E-state index contributed by atoms with van der Waals surface area (Å²) < 4.78 is 14.6. The molecular weight excluding hydrogens is 252 g/mol. The third kappa shape index (κ3) is 3.94. The minimum Gasteiger partial charge on any atom is -0.469 e. The SMILES string of the molecule is COC(=O)C(C)CN(C)c1nc(OC)nc(OC)n1. The second-order valence-electron chi connectivity index (χ2n) is 3.91. The molecule has 1 aromatic heterocycles. The number of ether oxygens (including phenoxy) is 3. The Bertz CT molecular complexity index is 418. The van der Waals surface area contributed by atoms with E-state index < -0.39 is 0 Å². The summed E-state index contributed by atoms with van der Waals surface area (Å²) >= 11 is 0. The van der Waals surface area contributed by atoms with Gasteiger partial charge in [0.15, 0.2) is 0 Å². The fraction of sp³-hybridized carbons (Fsp3) is 0.636.